The van der Waals surface area contributed by atoms with Gasteiger partial charge >= 0.3 is 0 Å². The van der Waals surface area contributed by atoms with Crippen LogP contribution in [0.2, 0.25) is 0 Å². The third kappa shape index (κ3) is 5.53. The standard InChI is InChI=1S/C27H36N4O3/c1-20-8-9-23(18-21(20)2)29-14-16-31(17-15-29)27(33)24-6-4-5-7-25(24)30-12-10-22(11-13-30)28-26(32)19-34-3/h4-9,18,22H,10-17,19H2,1-3H3,(H,28,32). The molecule has 0 bridgehead atoms. The monoisotopic (exact) mass is 464 g/mol. The molecule has 0 saturated carbocycles. The quantitative estimate of drug-likeness (QED) is 0.712. The molecule has 2 heterocycles. The molecule has 2 amide bonds. The van der Waals surface area contributed by atoms with Crippen molar-refractivity contribution in [1.82, 2.24) is 10.2 Å². The molecule has 4 rings (SSSR count). The Morgan fingerprint density at radius 1 is 0.912 bits per heavy atom. The molecule has 2 aliphatic rings. The van der Waals surface area contributed by atoms with Gasteiger partial charge in [-0.05, 0) is 62.1 Å². The summed E-state index contributed by atoms with van der Waals surface area (Å²) in [7, 11) is 1.53. The Balaban J connectivity index is 1.37. The number of methoxy groups -OCH3 is 1. The topological polar surface area (TPSA) is 65.1 Å². The zero-order valence-electron chi connectivity index (χ0n) is 20.5. The maximum atomic E-state index is 13.5. The van der Waals surface area contributed by atoms with Crippen LogP contribution in [-0.2, 0) is 9.53 Å². The number of nitrogens with one attached hydrogen (secondary N) is 1. The Labute approximate surface area is 202 Å². The van der Waals surface area contributed by atoms with Gasteiger partial charge in [-0.25, -0.2) is 0 Å². The maximum absolute atomic E-state index is 13.5. The zero-order valence-corrected chi connectivity index (χ0v) is 20.5. The van der Waals surface area contributed by atoms with Crippen LogP contribution < -0.4 is 15.1 Å². The summed E-state index contributed by atoms with van der Waals surface area (Å²) in [5.41, 5.74) is 5.59. The molecule has 34 heavy (non-hydrogen) atoms. The van der Waals surface area contributed by atoms with Gasteiger partial charge in [0.1, 0.15) is 6.61 Å². The smallest absolute Gasteiger partial charge is 0.256 e. The molecule has 1 N–H and O–H groups in total. The molecule has 0 aliphatic carbocycles. The van der Waals surface area contributed by atoms with Crippen molar-refractivity contribution in [2.24, 2.45) is 0 Å². The highest BCUT2D eigenvalue weighted by molar-refractivity contribution is 6.00. The highest BCUT2D eigenvalue weighted by Gasteiger charge is 2.27. The second-order valence-corrected chi connectivity index (χ2v) is 9.33. The van der Waals surface area contributed by atoms with Crippen LogP contribution >= 0.6 is 0 Å². The molecular formula is C27H36N4O3. The van der Waals surface area contributed by atoms with Crippen LogP contribution in [0.1, 0.15) is 34.3 Å². The summed E-state index contributed by atoms with van der Waals surface area (Å²) >= 11 is 0. The molecule has 7 nitrogen and oxygen atoms in total. The van der Waals surface area contributed by atoms with Crippen LogP contribution in [0, 0.1) is 13.8 Å². The van der Waals surface area contributed by atoms with Gasteiger partial charge in [0.05, 0.1) is 5.56 Å². The number of ether oxygens (including phenoxy) is 1. The van der Waals surface area contributed by atoms with E-state index in [-0.39, 0.29) is 24.5 Å². The number of hydrogen-bond acceptors (Lipinski definition) is 5. The van der Waals surface area contributed by atoms with E-state index < -0.39 is 0 Å². The second kappa shape index (κ2) is 10.9. The van der Waals surface area contributed by atoms with Crippen molar-refractivity contribution >= 4 is 23.2 Å². The third-order valence-electron chi connectivity index (χ3n) is 7.03. The predicted molar refractivity (Wildman–Crippen MR) is 136 cm³/mol. The molecule has 2 aromatic rings. The van der Waals surface area contributed by atoms with E-state index in [0.717, 1.165) is 50.3 Å². The fraction of sp³-hybridized carbons (Fsp3) is 0.481. The molecule has 0 unspecified atom stereocenters. The average molecular weight is 465 g/mol. The van der Waals surface area contributed by atoms with Crippen molar-refractivity contribution in [3.05, 3.63) is 59.2 Å². The highest BCUT2D eigenvalue weighted by atomic mass is 16.5. The van der Waals surface area contributed by atoms with Crippen LogP contribution in [0.3, 0.4) is 0 Å². The van der Waals surface area contributed by atoms with E-state index in [1.165, 1.54) is 23.9 Å². The number of para-hydroxylation sites is 1. The molecule has 2 fully saturated rings. The van der Waals surface area contributed by atoms with E-state index >= 15 is 0 Å². The third-order valence-corrected chi connectivity index (χ3v) is 7.03. The lowest BCUT2D eigenvalue weighted by atomic mass is 10.0. The number of hydrogen-bond donors (Lipinski definition) is 1. The van der Waals surface area contributed by atoms with Gasteiger partial charge < -0.3 is 24.8 Å². The van der Waals surface area contributed by atoms with E-state index in [9.17, 15) is 9.59 Å². The normalized spacial score (nSPS) is 17.1. The van der Waals surface area contributed by atoms with Gasteiger partial charge in [-0.3, -0.25) is 9.59 Å². The average Bonchev–Trinajstić information content (AvgIpc) is 2.86. The number of rotatable bonds is 6. The van der Waals surface area contributed by atoms with Crippen LogP contribution in [0.4, 0.5) is 11.4 Å². The van der Waals surface area contributed by atoms with Crippen molar-refractivity contribution in [3.8, 4) is 0 Å². The van der Waals surface area contributed by atoms with Gasteiger partial charge in [-0.15, -0.1) is 0 Å². The van der Waals surface area contributed by atoms with Crippen molar-refractivity contribution in [3.63, 3.8) is 0 Å². The molecular weight excluding hydrogens is 428 g/mol. The van der Waals surface area contributed by atoms with Gasteiger partial charge in [0, 0.05) is 63.8 Å². The molecule has 7 heteroatoms. The Bertz CT molecular complexity index is 1010. The number of carbonyl (C=O) groups is 2. The number of benzene rings is 2. The largest absolute Gasteiger partial charge is 0.375 e. The Kier molecular flexibility index (Phi) is 7.73. The van der Waals surface area contributed by atoms with Gasteiger partial charge in [-0.2, -0.15) is 0 Å². The Hall–Kier alpha value is -3.06. The highest BCUT2D eigenvalue weighted by Crippen LogP contribution is 2.27. The summed E-state index contributed by atoms with van der Waals surface area (Å²) in [4.78, 5) is 31.9. The summed E-state index contributed by atoms with van der Waals surface area (Å²) in [6.07, 6.45) is 1.71. The van der Waals surface area contributed by atoms with Crippen LogP contribution in [-0.4, -0.2) is 75.7 Å². The van der Waals surface area contributed by atoms with Gasteiger partial charge in [0.15, 0.2) is 0 Å². The number of piperazine rings is 1. The van der Waals surface area contributed by atoms with Crippen molar-refractivity contribution in [1.29, 1.82) is 0 Å². The number of carbonyl (C=O) groups excluding carboxylic acids is 2. The molecule has 2 aromatic carbocycles. The summed E-state index contributed by atoms with van der Waals surface area (Å²) in [6, 6.07) is 14.7. The Morgan fingerprint density at radius 3 is 2.29 bits per heavy atom. The molecule has 0 aromatic heterocycles. The van der Waals surface area contributed by atoms with Gasteiger partial charge in [-0.1, -0.05) is 18.2 Å². The van der Waals surface area contributed by atoms with Crippen molar-refractivity contribution in [2.75, 3.05) is 62.8 Å². The van der Waals surface area contributed by atoms with E-state index in [4.69, 9.17) is 4.74 Å². The fourth-order valence-electron chi connectivity index (χ4n) is 4.86. The molecule has 0 atom stereocenters. The number of nitrogens with zero attached hydrogens (tertiary/aromatic N) is 3. The molecule has 0 spiro atoms. The molecule has 182 valence electrons. The number of anilines is 2. The van der Waals surface area contributed by atoms with Crippen LogP contribution in [0.5, 0.6) is 0 Å². The zero-order chi connectivity index (χ0) is 24.1. The second-order valence-electron chi connectivity index (χ2n) is 9.33. The molecule has 2 saturated heterocycles. The van der Waals surface area contributed by atoms with Crippen LogP contribution in [0.25, 0.3) is 0 Å². The molecule has 2 aliphatic heterocycles. The summed E-state index contributed by atoms with van der Waals surface area (Å²) in [5, 5.41) is 3.03. The maximum Gasteiger partial charge on any atom is 0.256 e. The lowest BCUT2D eigenvalue weighted by Crippen LogP contribution is -2.49. The number of amides is 2. The first-order valence-electron chi connectivity index (χ1n) is 12.2. The fourth-order valence-corrected chi connectivity index (χ4v) is 4.86. The van der Waals surface area contributed by atoms with E-state index in [1.807, 2.05) is 29.2 Å². The summed E-state index contributed by atoms with van der Waals surface area (Å²) in [6.45, 7) is 9.09. The van der Waals surface area contributed by atoms with E-state index in [1.54, 1.807) is 0 Å². The number of aryl methyl sites for hydroxylation is 2. The van der Waals surface area contributed by atoms with E-state index in [2.05, 4.69) is 47.2 Å². The van der Waals surface area contributed by atoms with Crippen LogP contribution in [0.15, 0.2) is 42.5 Å². The van der Waals surface area contributed by atoms with Gasteiger partial charge in [0.2, 0.25) is 5.91 Å². The minimum absolute atomic E-state index is 0.0727. The van der Waals surface area contributed by atoms with Crippen molar-refractivity contribution in [2.45, 2.75) is 32.7 Å². The number of piperidine rings is 1. The van der Waals surface area contributed by atoms with E-state index in [0.29, 0.717) is 13.1 Å². The predicted octanol–water partition coefficient (Wildman–Crippen LogP) is 3.00. The SMILES string of the molecule is COCC(=O)NC1CCN(c2ccccc2C(=O)N2CCN(c3ccc(C)c(C)c3)CC2)CC1. The minimum atomic E-state index is -0.0727. The molecule has 0 radical (unpaired) electrons. The van der Waals surface area contributed by atoms with Crippen molar-refractivity contribution < 1.29 is 14.3 Å². The lowest BCUT2D eigenvalue weighted by Gasteiger charge is -2.38. The van der Waals surface area contributed by atoms with Gasteiger partial charge in [0.25, 0.3) is 5.91 Å². The summed E-state index contributed by atoms with van der Waals surface area (Å²) in [5.74, 6) is 0.0299. The minimum Gasteiger partial charge on any atom is -0.375 e. The Morgan fingerprint density at radius 2 is 1.62 bits per heavy atom. The first kappa shape index (κ1) is 24.1. The lowest BCUT2D eigenvalue weighted by molar-refractivity contribution is -0.125. The summed E-state index contributed by atoms with van der Waals surface area (Å²) < 4.78 is 4.91. The first-order chi connectivity index (χ1) is 16.5. The first-order valence-corrected chi connectivity index (χ1v) is 12.2.